The van der Waals surface area contributed by atoms with Crippen LogP contribution in [0, 0.1) is 5.92 Å². The molecule has 0 saturated carbocycles. The molecule has 1 N–H and O–H groups in total. The van der Waals surface area contributed by atoms with Gasteiger partial charge < -0.3 is 15.0 Å². The van der Waals surface area contributed by atoms with E-state index in [1.165, 1.54) is 4.90 Å². The Bertz CT molecular complexity index is 1120. The topological polar surface area (TPSA) is 58.6 Å². The van der Waals surface area contributed by atoms with Crippen molar-refractivity contribution < 1.29 is 14.3 Å². The zero-order chi connectivity index (χ0) is 24.0. The number of carbonyl (C=O) groups excluding carboxylic acids is 2. The van der Waals surface area contributed by atoms with E-state index < -0.39 is 6.04 Å². The van der Waals surface area contributed by atoms with Crippen LogP contribution >= 0.6 is 27.5 Å². The first-order chi connectivity index (χ1) is 15.8. The fourth-order valence-corrected chi connectivity index (χ4v) is 4.10. The lowest BCUT2D eigenvalue weighted by Gasteiger charge is -2.29. The van der Waals surface area contributed by atoms with Gasteiger partial charge in [-0.2, -0.15) is 0 Å². The minimum Gasteiger partial charge on any atom is -0.483 e. The third-order valence-electron chi connectivity index (χ3n) is 5.30. The molecular formula is C26H28BrClN2O3. The van der Waals surface area contributed by atoms with Gasteiger partial charge in [0.2, 0.25) is 5.91 Å². The molecule has 0 aliphatic heterocycles. The Morgan fingerprint density at radius 1 is 1.03 bits per heavy atom. The lowest BCUT2D eigenvalue weighted by molar-refractivity contribution is -0.142. The molecule has 3 rings (SSSR count). The molecule has 0 heterocycles. The van der Waals surface area contributed by atoms with Gasteiger partial charge in [0.25, 0.3) is 5.91 Å². The van der Waals surface area contributed by atoms with Crippen molar-refractivity contribution in [3.8, 4) is 5.75 Å². The number of carbonyl (C=O) groups is 2. The number of benzene rings is 3. The third kappa shape index (κ3) is 6.71. The van der Waals surface area contributed by atoms with E-state index in [0.29, 0.717) is 23.2 Å². The second-order valence-electron chi connectivity index (χ2n) is 8.35. The van der Waals surface area contributed by atoms with Gasteiger partial charge in [-0.3, -0.25) is 9.59 Å². The minimum atomic E-state index is -0.657. The van der Waals surface area contributed by atoms with Gasteiger partial charge >= 0.3 is 0 Å². The van der Waals surface area contributed by atoms with Gasteiger partial charge in [-0.1, -0.05) is 67.9 Å². The van der Waals surface area contributed by atoms with Gasteiger partial charge in [0.1, 0.15) is 11.8 Å². The Morgan fingerprint density at radius 2 is 1.73 bits per heavy atom. The van der Waals surface area contributed by atoms with Crippen LogP contribution in [0.2, 0.25) is 5.02 Å². The van der Waals surface area contributed by atoms with Gasteiger partial charge in [0, 0.05) is 18.1 Å². The number of rotatable bonds is 9. The monoisotopic (exact) mass is 530 g/mol. The normalized spacial score (nSPS) is 11.9. The van der Waals surface area contributed by atoms with E-state index in [0.717, 1.165) is 20.8 Å². The van der Waals surface area contributed by atoms with Crippen molar-refractivity contribution >= 4 is 50.1 Å². The predicted octanol–water partition coefficient (Wildman–Crippen LogP) is 5.82. The van der Waals surface area contributed by atoms with Crippen LogP contribution < -0.4 is 10.1 Å². The largest absolute Gasteiger partial charge is 0.483 e. The average molecular weight is 532 g/mol. The maximum absolute atomic E-state index is 13.2. The fraction of sp³-hybridized carbons (Fsp3) is 0.308. The van der Waals surface area contributed by atoms with Crippen LogP contribution in [0.4, 0.5) is 0 Å². The molecule has 0 bridgehead atoms. The summed E-state index contributed by atoms with van der Waals surface area (Å²) in [6, 6.07) is 18.3. The lowest BCUT2D eigenvalue weighted by atomic mass is 10.1. The highest BCUT2D eigenvalue weighted by Gasteiger charge is 2.26. The second kappa shape index (κ2) is 11.5. The van der Waals surface area contributed by atoms with Crippen LogP contribution in [0.5, 0.6) is 5.75 Å². The van der Waals surface area contributed by atoms with Crippen molar-refractivity contribution in [3.05, 3.63) is 75.7 Å². The summed E-state index contributed by atoms with van der Waals surface area (Å²) in [4.78, 5) is 27.5. The molecule has 0 spiro atoms. The first-order valence-corrected chi connectivity index (χ1v) is 12.0. The summed E-state index contributed by atoms with van der Waals surface area (Å²) < 4.78 is 6.67. The molecule has 1 unspecified atom stereocenters. The lowest BCUT2D eigenvalue weighted by Crippen LogP contribution is -2.49. The van der Waals surface area contributed by atoms with E-state index in [1.54, 1.807) is 19.1 Å². The molecule has 0 aromatic heterocycles. The average Bonchev–Trinajstić information content (AvgIpc) is 2.81. The SMILES string of the molecule is CC(C)CNC(=O)C(C)N(Cc1ccc(Cl)cc1)C(=O)COc1ccc2ccccc2c1Br. The number of hydrogen-bond acceptors (Lipinski definition) is 3. The van der Waals surface area contributed by atoms with Gasteiger partial charge in [-0.15, -0.1) is 0 Å². The summed E-state index contributed by atoms with van der Waals surface area (Å²) in [5, 5.41) is 5.60. The van der Waals surface area contributed by atoms with Crippen molar-refractivity contribution in [1.29, 1.82) is 0 Å². The number of hydrogen-bond donors (Lipinski definition) is 1. The maximum Gasteiger partial charge on any atom is 0.261 e. The Balaban J connectivity index is 1.77. The molecule has 2 amide bonds. The summed E-state index contributed by atoms with van der Waals surface area (Å²) >= 11 is 9.59. The van der Waals surface area contributed by atoms with Crippen LogP contribution in [0.3, 0.4) is 0 Å². The van der Waals surface area contributed by atoms with E-state index in [2.05, 4.69) is 21.2 Å². The summed E-state index contributed by atoms with van der Waals surface area (Å²) in [5.74, 6) is 0.413. The Morgan fingerprint density at radius 3 is 2.42 bits per heavy atom. The quantitative estimate of drug-likeness (QED) is 0.378. The highest BCUT2D eigenvalue weighted by Crippen LogP contribution is 2.33. The van der Waals surface area contributed by atoms with Crippen LogP contribution in [0.15, 0.2) is 65.1 Å². The summed E-state index contributed by atoms with van der Waals surface area (Å²) in [7, 11) is 0. The van der Waals surface area contributed by atoms with Crippen molar-refractivity contribution in [1.82, 2.24) is 10.2 Å². The van der Waals surface area contributed by atoms with Crippen molar-refractivity contribution in [3.63, 3.8) is 0 Å². The van der Waals surface area contributed by atoms with Crippen LogP contribution in [0.1, 0.15) is 26.3 Å². The highest BCUT2D eigenvalue weighted by molar-refractivity contribution is 9.10. The van der Waals surface area contributed by atoms with Crippen molar-refractivity contribution in [2.75, 3.05) is 13.2 Å². The summed E-state index contributed by atoms with van der Waals surface area (Å²) in [5.41, 5.74) is 0.878. The Labute approximate surface area is 208 Å². The molecule has 3 aromatic carbocycles. The van der Waals surface area contributed by atoms with Gasteiger partial charge in [-0.05, 0) is 63.3 Å². The van der Waals surface area contributed by atoms with Gasteiger partial charge in [0.15, 0.2) is 6.61 Å². The van der Waals surface area contributed by atoms with E-state index in [-0.39, 0.29) is 25.0 Å². The molecule has 3 aromatic rings. The first kappa shape index (κ1) is 25.1. The van der Waals surface area contributed by atoms with E-state index in [9.17, 15) is 9.59 Å². The second-order valence-corrected chi connectivity index (χ2v) is 9.58. The number of nitrogens with one attached hydrogen (secondary N) is 1. The smallest absolute Gasteiger partial charge is 0.261 e. The zero-order valence-corrected chi connectivity index (χ0v) is 21.3. The van der Waals surface area contributed by atoms with E-state index >= 15 is 0 Å². The zero-order valence-electron chi connectivity index (χ0n) is 19.0. The first-order valence-electron chi connectivity index (χ1n) is 10.9. The van der Waals surface area contributed by atoms with Gasteiger partial charge in [0.05, 0.1) is 4.47 Å². The molecule has 0 aliphatic rings. The predicted molar refractivity (Wildman–Crippen MR) is 136 cm³/mol. The molecule has 0 aliphatic carbocycles. The minimum absolute atomic E-state index is 0.188. The molecular weight excluding hydrogens is 504 g/mol. The van der Waals surface area contributed by atoms with Crippen LogP contribution in [-0.2, 0) is 16.1 Å². The Kier molecular flexibility index (Phi) is 8.75. The molecule has 0 radical (unpaired) electrons. The summed E-state index contributed by atoms with van der Waals surface area (Å²) in [6.07, 6.45) is 0. The number of fused-ring (bicyclic) bond motifs is 1. The maximum atomic E-state index is 13.2. The molecule has 5 nitrogen and oxygen atoms in total. The third-order valence-corrected chi connectivity index (χ3v) is 6.37. The number of halogens is 2. The number of ether oxygens (including phenoxy) is 1. The highest BCUT2D eigenvalue weighted by atomic mass is 79.9. The van der Waals surface area contributed by atoms with Gasteiger partial charge in [-0.25, -0.2) is 0 Å². The van der Waals surface area contributed by atoms with E-state index in [1.807, 2.05) is 62.4 Å². The molecule has 33 heavy (non-hydrogen) atoms. The van der Waals surface area contributed by atoms with E-state index in [4.69, 9.17) is 16.3 Å². The molecule has 7 heteroatoms. The number of amides is 2. The molecule has 0 fully saturated rings. The molecule has 1 atom stereocenters. The standard InChI is InChI=1S/C26H28BrClN2O3/c1-17(2)14-29-26(32)18(3)30(15-19-8-11-21(28)12-9-19)24(31)16-33-23-13-10-20-6-4-5-7-22(20)25(23)27/h4-13,17-18H,14-16H2,1-3H3,(H,29,32). The number of nitrogens with zero attached hydrogens (tertiary/aromatic N) is 1. The Hall–Kier alpha value is -2.57. The fourth-order valence-electron chi connectivity index (χ4n) is 3.37. The molecule has 174 valence electrons. The van der Waals surface area contributed by atoms with Crippen LogP contribution in [-0.4, -0.2) is 35.9 Å². The van der Waals surface area contributed by atoms with Crippen molar-refractivity contribution in [2.24, 2.45) is 5.92 Å². The van der Waals surface area contributed by atoms with Crippen LogP contribution in [0.25, 0.3) is 10.8 Å². The molecule has 0 saturated heterocycles. The van der Waals surface area contributed by atoms with Crippen molar-refractivity contribution in [2.45, 2.75) is 33.4 Å². The summed E-state index contributed by atoms with van der Waals surface area (Å²) in [6.45, 7) is 6.41.